The van der Waals surface area contributed by atoms with Crippen LogP contribution in [0.15, 0.2) is 54.1 Å². The molecule has 4 rings (SSSR count). The van der Waals surface area contributed by atoms with Crippen LogP contribution in [0.1, 0.15) is 32.9 Å². The normalized spacial score (nSPS) is 23.9. The number of nitrogens with one attached hydrogen (secondary N) is 1. The predicted molar refractivity (Wildman–Crippen MR) is 142 cm³/mol. The van der Waals surface area contributed by atoms with Crippen LogP contribution in [0, 0.1) is 5.92 Å². The number of sulfonamides is 1. The minimum absolute atomic E-state index is 0.00963. The van der Waals surface area contributed by atoms with E-state index in [1.165, 1.54) is 0 Å². The van der Waals surface area contributed by atoms with Crippen LogP contribution < -0.4 is 9.62 Å². The van der Waals surface area contributed by atoms with E-state index in [9.17, 15) is 8.42 Å². The summed E-state index contributed by atoms with van der Waals surface area (Å²) < 4.78 is 26.1. The molecule has 1 saturated heterocycles. The van der Waals surface area contributed by atoms with E-state index in [1.54, 1.807) is 6.92 Å². The molecule has 2 heterocycles. The monoisotopic (exact) mass is 502 g/mol. The Morgan fingerprint density at radius 2 is 1.91 bits per heavy atom. The molecule has 1 aliphatic heterocycles. The molecule has 6 nitrogen and oxygen atoms in total. The number of likely N-dealkylation sites (N-methyl/N-ethyl adjacent to an activating group) is 1. The Bertz CT molecular complexity index is 1190. The third-order valence-corrected chi connectivity index (χ3v) is 9.08. The number of piperazine rings is 1. The van der Waals surface area contributed by atoms with Gasteiger partial charge in [0.05, 0.1) is 11.4 Å². The van der Waals surface area contributed by atoms with E-state index in [1.807, 2.05) is 12.2 Å². The van der Waals surface area contributed by atoms with Gasteiger partial charge in [-0.2, -0.15) is 0 Å². The van der Waals surface area contributed by atoms with Crippen molar-refractivity contribution in [3.63, 3.8) is 0 Å². The fourth-order valence-corrected chi connectivity index (χ4v) is 5.55. The lowest BCUT2D eigenvalue weighted by atomic mass is 9.82. The fraction of sp³-hybridized carbons (Fsp3) is 0.500. The maximum Gasteiger partial charge on any atom is 0.211 e. The lowest BCUT2D eigenvalue weighted by Crippen LogP contribution is -2.46. The standard InChI is InChI=1S/C26H35ClN4O2S/c1-4-30-14-16-31(17-15-30)25-23-9-7-6-8-22(23)19-24(29-25)26(27)12-10-21(18-20(26)3)11-13-28-34(32,33)5-2/h6-10,12,18-20,28H,4-5,11,13-17H2,1-3H3. The number of nitrogens with zero attached hydrogens (tertiary/aromatic N) is 3. The third-order valence-electron chi connectivity index (χ3n) is 7.01. The number of allylic oxidation sites excluding steroid dienone is 3. The first-order valence-electron chi connectivity index (χ1n) is 12.2. The van der Waals surface area contributed by atoms with Gasteiger partial charge >= 0.3 is 0 Å². The van der Waals surface area contributed by atoms with Crippen LogP contribution in [-0.2, 0) is 14.9 Å². The van der Waals surface area contributed by atoms with E-state index in [0.717, 1.165) is 60.6 Å². The number of pyridine rings is 1. The Morgan fingerprint density at radius 3 is 2.59 bits per heavy atom. The van der Waals surface area contributed by atoms with Crippen LogP contribution in [-0.4, -0.2) is 63.3 Å². The highest BCUT2D eigenvalue weighted by molar-refractivity contribution is 7.89. The zero-order valence-corrected chi connectivity index (χ0v) is 21.9. The molecule has 8 heteroatoms. The van der Waals surface area contributed by atoms with Crippen molar-refractivity contribution in [3.8, 4) is 0 Å². The highest BCUT2D eigenvalue weighted by Crippen LogP contribution is 2.44. The smallest absolute Gasteiger partial charge is 0.211 e. The maximum atomic E-state index is 11.7. The number of halogens is 1. The van der Waals surface area contributed by atoms with Crippen LogP contribution in [0.5, 0.6) is 0 Å². The van der Waals surface area contributed by atoms with Crippen molar-refractivity contribution < 1.29 is 8.42 Å². The van der Waals surface area contributed by atoms with Gasteiger partial charge in [0, 0.05) is 44.0 Å². The van der Waals surface area contributed by atoms with Gasteiger partial charge in [-0.05, 0) is 31.3 Å². The number of fused-ring (bicyclic) bond motifs is 1. The fourth-order valence-electron chi connectivity index (χ4n) is 4.71. The van der Waals surface area contributed by atoms with Gasteiger partial charge in [0.2, 0.25) is 10.0 Å². The number of hydrogen-bond acceptors (Lipinski definition) is 5. The molecule has 1 fully saturated rings. The predicted octanol–water partition coefficient (Wildman–Crippen LogP) is 4.27. The van der Waals surface area contributed by atoms with Crippen molar-refractivity contribution in [1.29, 1.82) is 0 Å². The summed E-state index contributed by atoms with van der Waals surface area (Å²) in [5.74, 6) is 1.11. The summed E-state index contributed by atoms with van der Waals surface area (Å²) >= 11 is 7.27. The average Bonchev–Trinajstić information content (AvgIpc) is 2.85. The van der Waals surface area contributed by atoms with E-state index in [2.05, 4.69) is 64.8 Å². The number of hydrogen-bond donors (Lipinski definition) is 1. The summed E-state index contributed by atoms with van der Waals surface area (Å²) in [6.07, 6.45) is 6.82. The van der Waals surface area contributed by atoms with Crippen molar-refractivity contribution in [2.75, 3.05) is 49.9 Å². The lowest BCUT2D eigenvalue weighted by molar-refractivity contribution is 0.270. The maximum absolute atomic E-state index is 11.7. The molecular formula is C26H35ClN4O2S. The first kappa shape index (κ1) is 25.2. The number of anilines is 1. The second kappa shape index (κ2) is 10.4. The molecule has 0 bridgehead atoms. The number of alkyl halides is 1. The molecule has 1 aromatic heterocycles. The number of benzene rings is 1. The Morgan fingerprint density at radius 1 is 1.18 bits per heavy atom. The summed E-state index contributed by atoms with van der Waals surface area (Å²) in [6, 6.07) is 10.5. The summed E-state index contributed by atoms with van der Waals surface area (Å²) in [7, 11) is -3.19. The molecular weight excluding hydrogens is 468 g/mol. The topological polar surface area (TPSA) is 65.5 Å². The summed E-state index contributed by atoms with van der Waals surface area (Å²) in [4.78, 5) is 9.25. The molecule has 184 valence electrons. The Kier molecular flexibility index (Phi) is 7.67. The summed E-state index contributed by atoms with van der Waals surface area (Å²) in [6.45, 7) is 11.4. The molecule has 1 aromatic carbocycles. The zero-order valence-electron chi connectivity index (χ0n) is 20.3. The van der Waals surface area contributed by atoms with E-state index < -0.39 is 14.9 Å². The van der Waals surface area contributed by atoms with Crippen LogP contribution >= 0.6 is 11.6 Å². The average molecular weight is 503 g/mol. The highest BCUT2D eigenvalue weighted by atomic mass is 35.5. The van der Waals surface area contributed by atoms with Gasteiger partial charge in [-0.1, -0.05) is 61.9 Å². The largest absolute Gasteiger partial charge is 0.354 e. The highest BCUT2D eigenvalue weighted by Gasteiger charge is 2.37. The molecule has 2 aliphatic rings. The molecule has 1 N–H and O–H groups in total. The molecule has 1 aliphatic carbocycles. The second-order valence-electron chi connectivity index (χ2n) is 9.15. The van der Waals surface area contributed by atoms with Gasteiger partial charge in [-0.15, -0.1) is 11.6 Å². The Hall–Kier alpha value is -1.93. The third kappa shape index (κ3) is 5.33. The molecule has 34 heavy (non-hydrogen) atoms. The molecule has 0 spiro atoms. The van der Waals surface area contributed by atoms with Crippen LogP contribution in [0.4, 0.5) is 5.82 Å². The van der Waals surface area contributed by atoms with Gasteiger partial charge in [0.1, 0.15) is 10.7 Å². The number of rotatable bonds is 8. The van der Waals surface area contributed by atoms with Gasteiger partial charge in [-0.25, -0.2) is 18.1 Å². The van der Waals surface area contributed by atoms with Crippen molar-refractivity contribution in [1.82, 2.24) is 14.6 Å². The molecule has 2 unspecified atom stereocenters. The first-order chi connectivity index (χ1) is 16.3. The lowest BCUT2D eigenvalue weighted by Gasteiger charge is -2.37. The van der Waals surface area contributed by atoms with E-state index in [4.69, 9.17) is 16.6 Å². The minimum atomic E-state index is -3.19. The zero-order chi connectivity index (χ0) is 24.3. The quantitative estimate of drug-likeness (QED) is 0.546. The van der Waals surface area contributed by atoms with Gasteiger partial charge in [0.25, 0.3) is 0 Å². The van der Waals surface area contributed by atoms with Crippen molar-refractivity contribution in [3.05, 3.63) is 59.8 Å². The molecule has 0 amide bonds. The van der Waals surface area contributed by atoms with Crippen LogP contribution in [0.25, 0.3) is 10.8 Å². The number of aromatic nitrogens is 1. The minimum Gasteiger partial charge on any atom is -0.354 e. The van der Waals surface area contributed by atoms with Gasteiger partial charge < -0.3 is 9.80 Å². The molecule has 0 saturated carbocycles. The summed E-state index contributed by atoms with van der Waals surface area (Å²) in [5, 5.41) is 2.30. The molecule has 2 atom stereocenters. The SMILES string of the molecule is CCN1CCN(c2nc(C3(Cl)C=CC(CCNS(=O)(=O)CC)=CC3C)cc3ccccc23)CC1. The Balaban J connectivity index is 1.60. The van der Waals surface area contributed by atoms with Crippen molar-refractivity contribution >= 4 is 38.2 Å². The van der Waals surface area contributed by atoms with Gasteiger partial charge in [-0.3, -0.25) is 0 Å². The summed E-state index contributed by atoms with van der Waals surface area (Å²) in [5.41, 5.74) is 1.94. The Labute approximate surface area is 208 Å². The van der Waals surface area contributed by atoms with Crippen molar-refractivity contribution in [2.45, 2.75) is 32.1 Å². The van der Waals surface area contributed by atoms with Crippen LogP contribution in [0.3, 0.4) is 0 Å². The van der Waals surface area contributed by atoms with Crippen molar-refractivity contribution in [2.24, 2.45) is 5.92 Å². The van der Waals surface area contributed by atoms with E-state index >= 15 is 0 Å². The van der Waals surface area contributed by atoms with E-state index in [-0.39, 0.29) is 11.7 Å². The van der Waals surface area contributed by atoms with Crippen LogP contribution in [0.2, 0.25) is 0 Å². The van der Waals surface area contributed by atoms with E-state index in [0.29, 0.717) is 13.0 Å². The molecule has 2 aromatic rings. The van der Waals surface area contributed by atoms with Gasteiger partial charge in [0.15, 0.2) is 0 Å². The second-order valence-corrected chi connectivity index (χ2v) is 11.9. The molecule has 0 radical (unpaired) electrons. The first-order valence-corrected chi connectivity index (χ1v) is 14.2.